The van der Waals surface area contributed by atoms with E-state index >= 15 is 0 Å². The molecule has 2 aromatic carbocycles. The molecule has 0 aromatic heterocycles. The van der Waals surface area contributed by atoms with Gasteiger partial charge >= 0.3 is 6.09 Å². The zero-order valence-electron chi connectivity index (χ0n) is 15.2. The van der Waals surface area contributed by atoms with E-state index in [1.165, 1.54) is 0 Å². The Hall–Kier alpha value is -3.35. The van der Waals surface area contributed by atoms with Gasteiger partial charge in [0.05, 0.1) is 12.6 Å². The second kappa shape index (κ2) is 7.72. The van der Waals surface area contributed by atoms with Crippen molar-refractivity contribution in [3.05, 3.63) is 59.7 Å². The van der Waals surface area contributed by atoms with Gasteiger partial charge < -0.3 is 20.7 Å². The molecular formula is C21H21N3O4. The molecular weight excluding hydrogens is 358 g/mol. The van der Waals surface area contributed by atoms with Crippen molar-refractivity contribution >= 4 is 17.9 Å². The molecule has 1 fully saturated rings. The maximum absolute atomic E-state index is 12.0. The number of hydrogen-bond acceptors (Lipinski definition) is 4. The molecule has 0 radical (unpaired) electrons. The summed E-state index contributed by atoms with van der Waals surface area (Å²) in [6.45, 7) is 0.393. The van der Waals surface area contributed by atoms with Crippen LogP contribution < -0.4 is 16.0 Å². The third-order valence-corrected chi connectivity index (χ3v) is 5.08. The number of carbonyl (C=O) groups is 3. The molecule has 1 unspecified atom stereocenters. The molecule has 4 rings (SSSR count). The minimum atomic E-state index is -0.631. The van der Waals surface area contributed by atoms with Crippen molar-refractivity contribution < 1.29 is 19.1 Å². The van der Waals surface area contributed by atoms with E-state index in [1.807, 2.05) is 36.4 Å². The molecule has 7 nitrogen and oxygen atoms in total. The first kappa shape index (κ1) is 18.0. The van der Waals surface area contributed by atoms with Crippen LogP contribution in [0.15, 0.2) is 48.5 Å². The smallest absolute Gasteiger partial charge is 0.407 e. The van der Waals surface area contributed by atoms with E-state index in [0.29, 0.717) is 13.0 Å². The van der Waals surface area contributed by atoms with E-state index < -0.39 is 6.09 Å². The monoisotopic (exact) mass is 379 g/mol. The Kier molecular flexibility index (Phi) is 4.97. The summed E-state index contributed by atoms with van der Waals surface area (Å²) in [6, 6.07) is 16.2. The average molecular weight is 379 g/mol. The van der Waals surface area contributed by atoms with Gasteiger partial charge in [0.2, 0.25) is 11.8 Å². The van der Waals surface area contributed by atoms with Gasteiger partial charge in [0.15, 0.2) is 0 Å². The van der Waals surface area contributed by atoms with E-state index in [2.05, 4.69) is 28.1 Å². The molecule has 1 atom stereocenters. The van der Waals surface area contributed by atoms with Crippen molar-refractivity contribution in [1.29, 1.82) is 0 Å². The zero-order valence-corrected chi connectivity index (χ0v) is 15.2. The van der Waals surface area contributed by atoms with Crippen molar-refractivity contribution in [2.24, 2.45) is 0 Å². The Morgan fingerprint density at radius 1 is 1.00 bits per heavy atom. The predicted octanol–water partition coefficient (Wildman–Crippen LogP) is 1.53. The highest BCUT2D eigenvalue weighted by atomic mass is 16.5. The van der Waals surface area contributed by atoms with Gasteiger partial charge in [0.25, 0.3) is 0 Å². The molecule has 0 saturated carbocycles. The van der Waals surface area contributed by atoms with Crippen molar-refractivity contribution in [3.8, 4) is 11.1 Å². The van der Waals surface area contributed by atoms with Crippen molar-refractivity contribution in [2.75, 3.05) is 19.7 Å². The Morgan fingerprint density at radius 2 is 1.61 bits per heavy atom. The number of carbonyl (C=O) groups excluding carboxylic acids is 3. The van der Waals surface area contributed by atoms with Crippen LogP contribution in [0, 0.1) is 0 Å². The van der Waals surface area contributed by atoms with Gasteiger partial charge in [-0.15, -0.1) is 0 Å². The minimum Gasteiger partial charge on any atom is -0.449 e. The Balaban J connectivity index is 1.27. The highest BCUT2D eigenvalue weighted by Gasteiger charge is 2.29. The van der Waals surface area contributed by atoms with Crippen LogP contribution in [0.1, 0.15) is 23.5 Å². The Labute approximate surface area is 162 Å². The third kappa shape index (κ3) is 3.69. The second-order valence-corrected chi connectivity index (χ2v) is 6.95. The molecule has 3 N–H and O–H groups in total. The number of alkyl carbamates (subject to hydrolysis) is 1. The van der Waals surface area contributed by atoms with Gasteiger partial charge in [0, 0.05) is 18.9 Å². The fourth-order valence-electron chi connectivity index (χ4n) is 3.65. The van der Waals surface area contributed by atoms with Crippen LogP contribution in [-0.4, -0.2) is 43.6 Å². The van der Waals surface area contributed by atoms with Gasteiger partial charge in [-0.25, -0.2) is 4.79 Å². The average Bonchev–Trinajstić information content (AvgIpc) is 3.01. The summed E-state index contributed by atoms with van der Waals surface area (Å²) in [5.41, 5.74) is 4.60. The normalized spacial score (nSPS) is 17.0. The van der Waals surface area contributed by atoms with E-state index in [1.54, 1.807) is 0 Å². The molecule has 2 aromatic rings. The van der Waals surface area contributed by atoms with Gasteiger partial charge in [-0.05, 0) is 22.3 Å². The largest absolute Gasteiger partial charge is 0.449 e. The van der Waals surface area contributed by atoms with Gasteiger partial charge in [-0.2, -0.15) is 0 Å². The van der Waals surface area contributed by atoms with Crippen LogP contribution >= 0.6 is 0 Å². The molecule has 2 aliphatic rings. The van der Waals surface area contributed by atoms with E-state index in [0.717, 1.165) is 22.3 Å². The van der Waals surface area contributed by atoms with Gasteiger partial charge in [-0.3, -0.25) is 9.59 Å². The fraction of sp³-hybridized carbons (Fsp3) is 0.286. The Morgan fingerprint density at radius 3 is 2.21 bits per heavy atom. The minimum absolute atomic E-state index is 0.0176. The summed E-state index contributed by atoms with van der Waals surface area (Å²) in [5, 5.41) is 7.79. The topological polar surface area (TPSA) is 96.5 Å². The lowest BCUT2D eigenvalue weighted by Gasteiger charge is -2.26. The summed E-state index contributed by atoms with van der Waals surface area (Å²) < 4.78 is 5.38. The molecule has 1 aliphatic heterocycles. The van der Waals surface area contributed by atoms with Crippen LogP contribution in [0.5, 0.6) is 0 Å². The molecule has 3 amide bonds. The lowest BCUT2D eigenvalue weighted by Crippen LogP contribution is -2.54. The second-order valence-electron chi connectivity index (χ2n) is 6.95. The number of fused-ring (bicyclic) bond motifs is 3. The highest BCUT2D eigenvalue weighted by molar-refractivity contribution is 5.84. The molecule has 1 saturated heterocycles. The summed E-state index contributed by atoms with van der Waals surface area (Å²) in [6.07, 6.45) is -0.214. The predicted molar refractivity (Wildman–Crippen MR) is 103 cm³/mol. The first-order valence-electron chi connectivity index (χ1n) is 9.26. The van der Waals surface area contributed by atoms with Crippen LogP contribution in [0.3, 0.4) is 0 Å². The maximum atomic E-state index is 12.0. The number of benzene rings is 2. The SMILES string of the molecule is O=C(CNC(=O)OCC1c2ccccc2-c2ccccc21)NCC1CC(=O)N1. The van der Waals surface area contributed by atoms with Crippen LogP contribution in [-0.2, 0) is 14.3 Å². The number of rotatable bonds is 6. The van der Waals surface area contributed by atoms with Crippen LogP contribution in [0.25, 0.3) is 11.1 Å². The van der Waals surface area contributed by atoms with E-state index in [-0.39, 0.29) is 36.9 Å². The number of ether oxygens (including phenoxy) is 1. The molecule has 7 heteroatoms. The van der Waals surface area contributed by atoms with Gasteiger partial charge in [-0.1, -0.05) is 48.5 Å². The Bertz CT molecular complexity index is 874. The molecule has 1 aliphatic carbocycles. The quantitative estimate of drug-likeness (QED) is 0.663. The van der Waals surface area contributed by atoms with Crippen molar-refractivity contribution in [2.45, 2.75) is 18.4 Å². The molecule has 0 spiro atoms. The van der Waals surface area contributed by atoms with Crippen molar-refractivity contribution in [3.63, 3.8) is 0 Å². The molecule has 28 heavy (non-hydrogen) atoms. The first-order chi connectivity index (χ1) is 13.6. The van der Waals surface area contributed by atoms with Gasteiger partial charge in [0.1, 0.15) is 6.61 Å². The maximum Gasteiger partial charge on any atom is 0.407 e. The molecule has 1 heterocycles. The van der Waals surface area contributed by atoms with Crippen molar-refractivity contribution in [1.82, 2.24) is 16.0 Å². The summed E-state index contributed by atoms with van der Waals surface area (Å²) in [5.74, 6) is -0.361. The summed E-state index contributed by atoms with van der Waals surface area (Å²) in [7, 11) is 0. The zero-order chi connectivity index (χ0) is 19.5. The number of nitrogens with one attached hydrogen (secondary N) is 3. The number of hydrogen-bond donors (Lipinski definition) is 3. The van der Waals surface area contributed by atoms with E-state index in [9.17, 15) is 14.4 Å². The number of β-lactam (4-membered cyclic amide) rings is 1. The summed E-state index contributed by atoms with van der Waals surface area (Å²) in [4.78, 5) is 34.6. The molecule has 0 bridgehead atoms. The van der Waals surface area contributed by atoms with Crippen LogP contribution in [0.4, 0.5) is 4.79 Å². The molecule has 144 valence electrons. The van der Waals surface area contributed by atoms with E-state index in [4.69, 9.17) is 4.74 Å². The van der Waals surface area contributed by atoms with Crippen LogP contribution in [0.2, 0.25) is 0 Å². The highest BCUT2D eigenvalue weighted by Crippen LogP contribution is 2.44. The lowest BCUT2D eigenvalue weighted by molar-refractivity contribution is -0.129. The number of amides is 3. The third-order valence-electron chi connectivity index (χ3n) is 5.08. The first-order valence-corrected chi connectivity index (χ1v) is 9.26. The standard InChI is InChI=1S/C21H21N3O4/c25-19-9-13(24-19)10-22-20(26)11-23-21(27)28-12-18-16-7-3-1-5-14(16)15-6-2-4-8-17(15)18/h1-8,13,18H,9-12H2,(H,22,26)(H,23,27)(H,24,25). The fourth-order valence-corrected chi connectivity index (χ4v) is 3.65. The lowest BCUT2D eigenvalue weighted by atomic mass is 9.98. The summed E-state index contributed by atoms with van der Waals surface area (Å²) >= 11 is 0.